The van der Waals surface area contributed by atoms with E-state index in [-0.39, 0.29) is 6.42 Å². The second-order valence-corrected chi connectivity index (χ2v) is 4.92. The van der Waals surface area contributed by atoms with Crippen molar-refractivity contribution in [2.24, 2.45) is 5.41 Å². The van der Waals surface area contributed by atoms with Gasteiger partial charge in [-0.2, -0.15) is 0 Å². The molecule has 2 rings (SSSR count). The van der Waals surface area contributed by atoms with Crippen LogP contribution in [0.1, 0.15) is 26.2 Å². The normalized spacial score (nSPS) is 11.7. The summed E-state index contributed by atoms with van der Waals surface area (Å²) in [6, 6.07) is 1.72. The first-order chi connectivity index (χ1) is 8.46. The summed E-state index contributed by atoms with van der Waals surface area (Å²) in [7, 11) is 0. The van der Waals surface area contributed by atoms with Crippen LogP contribution in [0.15, 0.2) is 27.4 Å². The van der Waals surface area contributed by atoms with Gasteiger partial charge in [-0.15, -0.1) is 10.2 Å². The van der Waals surface area contributed by atoms with Crippen LogP contribution in [0.3, 0.4) is 0 Å². The Morgan fingerprint density at radius 1 is 1.44 bits per heavy atom. The Morgan fingerprint density at radius 2 is 2.22 bits per heavy atom. The zero-order valence-electron chi connectivity index (χ0n) is 10.2. The third kappa shape index (κ3) is 2.97. The number of aromatic nitrogens is 2. The van der Waals surface area contributed by atoms with Crippen molar-refractivity contribution in [2.45, 2.75) is 26.7 Å². The molecule has 6 nitrogen and oxygen atoms in total. The van der Waals surface area contributed by atoms with Gasteiger partial charge in [-0.3, -0.25) is 4.79 Å². The predicted octanol–water partition coefficient (Wildman–Crippen LogP) is 2.37. The molecular formula is C12H14N2O4. The van der Waals surface area contributed by atoms with E-state index in [1.807, 2.05) is 13.8 Å². The molecule has 0 fully saturated rings. The van der Waals surface area contributed by atoms with Gasteiger partial charge in [0, 0.05) is 6.42 Å². The Balaban J connectivity index is 2.09. The van der Waals surface area contributed by atoms with E-state index in [2.05, 4.69) is 10.2 Å². The molecular weight excluding hydrogens is 236 g/mol. The maximum atomic E-state index is 10.7. The average molecular weight is 250 g/mol. The van der Waals surface area contributed by atoms with Crippen molar-refractivity contribution >= 4 is 5.97 Å². The summed E-state index contributed by atoms with van der Waals surface area (Å²) >= 11 is 0. The highest BCUT2D eigenvalue weighted by molar-refractivity contribution is 5.67. The summed E-state index contributed by atoms with van der Waals surface area (Å²) in [5, 5.41) is 16.6. The molecule has 0 aromatic carbocycles. The number of hydrogen-bond acceptors (Lipinski definition) is 5. The molecule has 96 valence electrons. The standard InChI is InChI=1S/C12H14N2O4/c1-12(2,6-10(15)16)5-9-13-14-11(18-9)8-3-4-17-7-8/h3-4,7H,5-6H2,1-2H3,(H,15,16). The van der Waals surface area contributed by atoms with Crippen LogP contribution in [0.4, 0.5) is 0 Å². The molecule has 2 aromatic rings. The van der Waals surface area contributed by atoms with Crippen molar-refractivity contribution in [1.82, 2.24) is 10.2 Å². The molecule has 0 saturated carbocycles. The highest BCUT2D eigenvalue weighted by Crippen LogP contribution is 2.27. The lowest BCUT2D eigenvalue weighted by Crippen LogP contribution is -2.19. The summed E-state index contributed by atoms with van der Waals surface area (Å²) in [5.74, 6) is -0.0306. The Morgan fingerprint density at radius 3 is 2.83 bits per heavy atom. The summed E-state index contributed by atoms with van der Waals surface area (Å²) < 4.78 is 10.4. The van der Waals surface area contributed by atoms with Crippen molar-refractivity contribution in [3.05, 3.63) is 24.5 Å². The number of carboxylic acid groups (broad SMARTS) is 1. The highest BCUT2D eigenvalue weighted by atomic mass is 16.4. The van der Waals surface area contributed by atoms with Crippen LogP contribution in [0.25, 0.3) is 11.5 Å². The van der Waals surface area contributed by atoms with Crippen LogP contribution in [-0.4, -0.2) is 21.3 Å². The van der Waals surface area contributed by atoms with Crippen LogP contribution < -0.4 is 0 Å². The second-order valence-electron chi connectivity index (χ2n) is 4.92. The zero-order valence-corrected chi connectivity index (χ0v) is 10.2. The van der Waals surface area contributed by atoms with Gasteiger partial charge in [0.25, 0.3) is 5.89 Å². The summed E-state index contributed by atoms with van der Waals surface area (Å²) in [4.78, 5) is 10.7. The monoisotopic (exact) mass is 250 g/mol. The van der Waals surface area contributed by atoms with Gasteiger partial charge in [-0.05, 0) is 11.5 Å². The largest absolute Gasteiger partial charge is 0.481 e. The zero-order chi connectivity index (χ0) is 13.2. The number of rotatable bonds is 5. The van der Waals surface area contributed by atoms with Crippen molar-refractivity contribution in [2.75, 3.05) is 0 Å². The van der Waals surface area contributed by atoms with Crippen LogP contribution >= 0.6 is 0 Å². The quantitative estimate of drug-likeness (QED) is 0.876. The number of hydrogen-bond donors (Lipinski definition) is 1. The molecule has 6 heteroatoms. The van der Waals surface area contributed by atoms with Crippen LogP contribution in [-0.2, 0) is 11.2 Å². The summed E-state index contributed by atoms with van der Waals surface area (Å²) in [5.41, 5.74) is 0.288. The van der Waals surface area contributed by atoms with Gasteiger partial charge in [-0.25, -0.2) is 0 Å². The molecule has 0 amide bonds. The maximum Gasteiger partial charge on any atom is 0.303 e. The fourth-order valence-electron chi connectivity index (χ4n) is 1.71. The summed E-state index contributed by atoms with van der Waals surface area (Å²) in [6.45, 7) is 3.70. The van der Waals surface area contributed by atoms with Gasteiger partial charge in [0.05, 0.1) is 18.2 Å². The molecule has 0 radical (unpaired) electrons. The molecule has 1 N–H and O–H groups in total. The Bertz CT molecular complexity index is 528. The first-order valence-electron chi connectivity index (χ1n) is 5.53. The molecule has 0 bridgehead atoms. The lowest BCUT2D eigenvalue weighted by molar-refractivity contribution is -0.139. The fraction of sp³-hybridized carbons (Fsp3) is 0.417. The molecule has 0 aliphatic rings. The van der Waals surface area contributed by atoms with E-state index in [1.165, 1.54) is 12.5 Å². The first kappa shape index (κ1) is 12.3. The lowest BCUT2D eigenvalue weighted by Gasteiger charge is -2.19. The van der Waals surface area contributed by atoms with Crippen molar-refractivity contribution in [1.29, 1.82) is 0 Å². The third-order valence-electron chi connectivity index (χ3n) is 2.49. The lowest BCUT2D eigenvalue weighted by atomic mass is 9.86. The second kappa shape index (κ2) is 4.64. The van der Waals surface area contributed by atoms with E-state index in [0.29, 0.717) is 23.8 Å². The van der Waals surface area contributed by atoms with Gasteiger partial charge in [-0.1, -0.05) is 13.8 Å². The molecule has 18 heavy (non-hydrogen) atoms. The molecule has 0 aliphatic carbocycles. The fourth-order valence-corrected chi connectivity index (χ4v) is 1.71. The molecule has 0 saturated heterocycles. The molecule has 2 aromatic heterocycles. The Labute approximate surface area is 104 Å². The van der Waals surface area contributed by atoms with Crippen molar-refractivity contribution < 1.29 is 18.7 Å². The Kier molecular flexibility index (Phi) is 3.18. The average Bonchev–Trinajstić information content (AvgIpc) is 2.82. The van der Waals surface area contributed by atoms with E-state index < -0.39 is 11.4 Å². The number of nitrogens with zero attached hydrogens (tertiary/aromatic N) is 2. The van der Waals surface area contributed by atoms with E-state index in [9.17, 15) is 4.79 Å². The molecule has 2 heterocycles. The topological polar surface area (TPSA) is 89.4 Å². The van der Waals surface area contributed by atoms with E-state index in [0.717, 1.165) is 0 Å². The van der Waals surface area contributed by atoms with E-state index in [1.54, 1.807) is 6.07 Å². The van der Waals surface area contributed by atoms with E-state index in [4.69, 9.17) is 13.9 Å². The third-order valence-corrected chi connectivity index (χ3v) is 2.49. The Hall–Kier alpha value is -2.11. The smallest absolute Gasteiger partial charge is 0.303 e. The van der Waals surface area contributed by atoms with Crippen LogP contribution in [0, 0.1) is 5.41 Å². The number of carboxylic acids is 1. The van der Waals surface area contributed by atoms with Crippen LogP contribution in [0.5, 0.6) is 0 Å². The SMILES string of the molecule is CC(C)(CC(=O)O)Cc1nnc(-c2ccoc2)o1. The molecule has 0 unspecified atom stereocenters. The van der Waals surface area contributed by atoms with Gasteiger partial charge < -0.3 is 13.9 Å². The minimum absolute atomic E-state index is 0.0520. The number of carbonyl (C=O) groups is 1. The minimum Gasteiger partial charge on any atom is -0.481 e. The first-order valence-corrected chi connectivity index (χ1v) is 5.53. The summed E-state index contributed by atoms with van der Waals surface area (Å²) in [6.07, 6.45) is 3.51. The van der Waals surface area contributed by atoms with E-state index >= 15 is 0 Å². The van der Waals surface area contributed by atoms with Crippen molar-refractivity contribution in [3.63, 3.8) is 0 Å². The maximum absolute atomic E-state index is 10.7. The number of aliphatic carboxylic acids is 1. The van der Waals surface area contributed by atoms with Gasteiger partial charge >= 0.3 is 5.97 Å². The van der Waals surface area contributed by atoms with Gasteiger partial charge in [0.15, 0.2) is 0 Å². The molecule has 0 spiro atoms. The number of furan rings is 1. The van der Waals surface area contributed by atoms with Crippen molar-refractivity contribution in [3.8, 4) is 11.5 Å². The molecule has 0 atom stereocenters. The highest BCUT2D eigenvalue weighted by Gasteiger charge is 2.25. The minimum atomic E-state index is -0.838. The van der Waals surface area contributed by atoms with Gasteiger partial charge in [0.2, 0.25) is 5.89 Å². The van der Waals surface area contributed by atoms with Crippen LogP contribution in [0.2, 0.25) is 0 Å². The molecule has 0 aliphatic heterocycles. The van der Waals surface area contributed by atoms with Gasteiger partial charge in [0.1, 0.15) is 6.26 Å². The predicted molar refractivity (Wildman–Crippen MR) is 61.7 cm³/mol.